The number of amidine groups is 1. The van der Waals surface area contributed by atoms with Crippen molar-refractivity contribution in [1.82, 2.24) is 5.32 Å². The van der Waals surface area contributed by atoms with Crippen molar-refractivity contribution in [2.45, 2.75) is 24.8 Å². The summed E-state index contributed by atoms with van der Waals surface area (Å²) in [7, 11) is 0. The normalized spacial score (nSPS) is 12.5. The van der Waals surface area contributed by atoms with Gasteiger partial charge in [-0.25, -0.2) is 9.18 Å². The molecule has 0 heterocycles. The number of halogens is 1. The zero-order chi connectivity index (χ0) is 23.0. The van der Waals surface area contributed by atoms with E-state index in [1.807, 2.05) is 0 Å². The first-order chi connectivity index (χ1) is 14.7. The lowest BCUT2D eigenvalue weighted by Gasteiger charge is -2.23. The van der Waals surface area contributed by atoms with Crippen LogP contribution in [0.1, 0.15) is 29.9 Å². The number of aliphatic hydroxyl groups excluding tert-OH is 1. The summed E-state index contributed by atoms with van der Waals surface area (Å²) in [5.41, 5.74) is 6.66. The third kappa shape index (κ3) is 6.89. The summed E-state index contributed by atoms with van der Waals surface area (Å²) in [5, 5.41) is 31.3. The van der Waals surface area contributed by atoms with E-state index in [0.717, 1.165) is 12.1 Å². The van der Waals surface area contributed by atoms with Crippen molar-refractivity contribution < 1.29 is 29.0 Å². The van der Waals surface area contributed by atoms with E-state index in [4.69, 9.17) is 11.1 Å². The topological polar surface area (TPSA) is 166 Å². The highest BCUT2D eigenvalue weighted by Crippen LogP contribution is 2.20. The molecule has 2 atom stereocenters. The molecule has 164 valence electrons. The number of carboxylic acid groups (broad SMARTS) is 1. The number of hydrogen-bond acceptors (Lipinski definition) is 5. The number of carboxylic acids is 1. The Morgan fingerprint density at radius 2 is 1.58 bits per heavy atom. The van der Waals surface area contributed by atoms with Crippen molar-refractivity contribution in [1.29, 1.82) is 5.41 Å². The molecule has 1 unspecified atom stereocenters. The summed E-state index contributed by atoms with van der Waals surface area (Å²) >= 11 is 0. The molecule has 2 aromatic rings. The minimum Gasteiger partial charge on any atom is -0.480 e. The van der Waals surface area contributed by atoms with Gasteiger partial charge in [-0.1, -0.05) is 12.1 Å². The minimum atomic E-state index is -1.45. The van der Waals surface area contributed by atoms with Gasteiger partial charge in [-0.3, -0.25) is 15.0 Å². The van der Waals surface area contributed by atoms with Gasteiger partial charge in [0, 0.05) is 30.0 Å². The number of carbonyl (C=O) groups is 3. The maximum Gasteiger partial charge on any atom is 0.326 e. The Hall–Kier alpha value is -3.79. The number of nitrogens with one attached hydrogen (secondary N) is 3. The highest BCUT2D eigenvalue weighted by Gasteiger charge is 2.30. The number of amides is 2. The van der Waals surface area contributed by atoms with Crippen LogP contribution >= 0.6 is 0 Å². The van der Waals surface area contributed by atoms with E-state index in [1.54, 1.807) is 24.3 Å². The highest BCUT2D eigenvalue weighted by atomic mass is 19.1. The van der Waals surface area contributed by atoms with Gasteiger partial charge in [-0.2, -0.15) is 0 Å². The summed E-state index contributed by atoms with van der Waals surface area (Å²) < 4.78 is 13.1. The molecule has 0 radical (unpaired) electrons. The van der Waals surface area contributed by atoms with Gasteiger partial charge in [-0.15, -0.1) is 0 Å². The maximum atomic E-state index is 13.1. The molecule has 0 aliphatic heterocycles. The molecule has 7 N–H and O–H groups in total. The van der Waals surface area contributed by atoms with Crippen LogP contribution in [0.3, 0.4) is 0 Å². The molecule has 2 amide bonds. The van der Waals surface area contributed by atoms with E-state index in [-0.39, 0.29) is 18.7 Å². The Morgan fingerprint density at radius 3 is 2.10 bits per heavy atom. The monoisotopic (exact) mass is 430 g/mol. The van der Waals surface area contributed by atoms with Crippen molar-refractivity contribution >= 4 is 29.3 Å². The van der Waals surface area contributed by atoms with Crippen LogP contribution in [-0.4, -0.2) is 46.5 Å². The second kappa shape index (κ2) is 10.8. The largest absolute Gasteiger partial charge is 0.480 e. The SMILES string of the molecule is N=C(N)c1ccc(NC(=O)CCC(=O)NC(C(=O)O)[C@@H](CO)c2ccc(F)cc2)cc1. The molecule has 0 aliphatic rings. The summed E-state index contributed by atoms with van der Waals surface area (Å²) in [4.78, 5) is 35.9. The van der Waals surface area contributed by atoms with Crippen LogP contribution in [0.5, 0.6) is 0 Å². The summed E-state index contributed by atoms with van der Waals surface area (Å²) in [6.07, 6.45) is -0.477. The first-order valence-electron chi connectivity index (χ1n) is 9.34. The fourth-order valence-electron chi connectivity index (χ4n) is 2.88. The van der Waals surface area contributed by atoms with Crippen molar-refractivity contribution in [2.24, 2.45) is 5.73 Å². The van der Waals surface area contributed by atoms with Crippen LogP contribution in [-0.2, 0) is 14.4 Å². The number of aliphatic hydroxyl groups is 1. The van der Waals surface area contributed by atoms with Gasteiger partial charge in [0.1, 0.15) is 17.7 Å². The first kappa shape index (κ1) is 23.5. The van der Waals surface area contributed by atoms with Crippen molar-refractivity contribution in [3.63, 3.8) is 0 Å². The fraction of sp³-hybridized carbons (Fsp3) is 0.238. The first-order valence-corrected chi connectivity index (χ1v) is 9.34. The molecular formula is C21H23FN4O5. The van der Waals surface area contributed by atoms with E-state index >= 15 is 0 Å². The van der Waals surface area contributed by atoms with Gasteiger partial charge in [0.2, 0.25) is 11.8 Å². The predicted molar refractivity (Wildman–Crippen MR) is 111 cm³/mol. The second-order valence-corrected chi connectivity index (χ2v) is 6.76. The Labute approximate surface area is 177 Å². The van der Waals surface area contributed by atoms with Gasteiger partial charge in [0.25, 0.3) is 0 Å². The van der Waals surface area contributed by atoms with E-state index in [1.165, 1.54) is 12.1 Å². The zero-order valence-corrected chi connectivity index (χ0v) is 16.5. The Morgan fingerprint density at radius 1 is 1.00 bits per heavy atom. The van der Waals surface area contributed by atoms with E-state index in [9.17, 15) is 29.0 Å². The van der Waals surface area contributed by atoms with Crippen LogP contribution in [0.15, 0.2) is 48.5 Å². The number of carbonyl (C=O) groups excluding carboxylic acids is 2. The fourth-order valence-corrected chi connectivity index (χ4v) is 2.88. The number of anilines is 1. The Kier molecular flexibility index (Phi) is 8.21. The van der Waals surface area contributed by atoms with Crippen LogP contribution in [0.25, 0.3) is 0 Å². The van der Waals surface area contributed by atoms with Crippen molar-refractivity contribution in [2.75, 3.05) is 11.9 Å². The number of aliphatic carboxylic acids is 1. The average Bonchev–Trinajstić information content (AvgIpc) is 2.73. The lowest BCUT2D eigenvalue weighted by Crippen LogP contribution is -2.46. The molecule has 0 aromatic heterocycles. The Bertz CT molecular complexity index is 947. The quantitative estimate of drug-likeness (QED) is 0.244. The number of benzene rings is 2. The van der Waals surface area contributed by atoms with Crippen LogP contribution in [0.4, 0.5) is 10.1 Å². The van der Waals surface area contributed by atoms with E-state index < -0.39 is 42.2 Å². The summed E-state index contributed by atoms with van der Waals surface area (Å²) in [6.45, 7) is -0.584. The molecule has 0 bridgehead atoms. The maximum absolute atomic E-state index is 13.1. The number of hydrogen-bond donors (Lipinski definition) is 6. The van der Waals surface area contributed by atoms with Gasteiger partial charge < -0.3 is 26.6 Å². The summed E-state index contributed by atoms with van der Waals surface area (Å²) in [6, 6.07) is 9.72. The molecule has 0 saturated carbocycles. The smallest absolute Gasteiger partial charge is 0.326 e. The number of rotatable bonds is 10. The van der Waals surface area contributed by atoms with E-state index in [2.05, 4.69) is 10.6 Å². The zero-order valence-electron chi connectivity index (χ0n) is 16.5. The molecule has 0 fully saturated rings. The minimum absolute atomic E-state index is 0.107. The van der Waals surface area contributed by atoms with Crippen molar-refractivity contribution in [3.05, 3.63) is 65.5 Å². The lowest BCUT2D eigenvalue weighted by molar-refractivity contribution is -0.143. The number of nitrogen functional groups attached to an aromatic ring is 1. The lowest BCUT2D eigenvalue weighted by atomic mass is 9.92. The molecular weight excluding hydrogens is 407 g/mol. The van der Waals surface area contributed by atoms with Crippen molar-refractivity contribution in [3.8, 4) is 0 Å². The summed E-state index contributed by atoms with van der Waals surface area (Å²) in [5.74, 6) is -4.13. The van der Waals surface area contributed by atoms with Crippen LogP contribution < -0.4 is 16.4 Å². The van der Waals surface area contributed by atoms with Crippen LogP contribution in [0.2, 0.25) is 0 Å². The predicted octanol–water partition coefficient (Wildman–Crippen LogP) is 1.17. The molecule has 31 heavy (non-hydrogen) atoms. The molecule has 0 aliphatic carbocycles. The second-order valence-electron chi connectivity index (χ2n) is 6.76. The molecule has 0 saturated heterocycles. The van der Waals surface area contributed by atoms with Crippen LogP contribution in [0, 0.1) is 11.2 Å². The third-order valence-electron chi connectivity index (χ3n) is 4.54. The molecule has 2 rings (SSSR count). The third-order valence-corrected chi connectivity index (χ3v) is 4.54. The van der Waals surface area contributed by atoms with Gasteiger partial charge >= 0.3 is 5.97 Å². The number of nitrogens with two attached hydrogens (primary N) is 1. The molecule has 10 heteroatoms. The van der Waals surface area contributed by atoms with E-state index in [0.29, 0.717) is 16.8 Å². The van der Waals surface area contributed by atoms with Gasteiger partial charge in [0.05, 0.1) is 6.61 Å². The van der Waals surface area contributed by atoms with Gasteiger partial charge in [-0.05, 0) is 42.0 Å². The average molecular weight is 430 g/mol. The molecule has 9 nitrogen and oxygen atoms in total. The highest BCUT2D eigenvalue weighted by molar-refractivity contribution is 5.97. The van der Waals surface area contributed by atoms with Gasteiger partial charge in [0.15, 0.2) is 0 Å². The Balaban J connectivity index is 1.93. The standard InChI is InChI=1S/C21H23FN4O5/c22-14-5-1-12(2-6-14)16(11-27)19(21(30)31)26-18(29)10-9-17(28)25-15-7-3-13(4-8-15)20(23)24/h1-8,16,19,27H,9-11H2,(H3,23,24)(H,25,28)(H,26,29)(H,30,31)/t16-,19?/m0/s1. The molecule has 2 aromatic carbocycles. The molecule has 0 spiro atoms.